The van der Waals surface area contributed by atoms with Crippen molar-refractivity contribution < 1.29 is 27.6 Å². The van der Waals surface area contributed by atoms with E-state index in [4.69, 9.17) is 10.0 Å². The zero-order chi connectivity index (χ0) is 23.5. The lowest BCUT2D eigenvalue weighted by Gasteiger charge is -2.02. The van der Waals surface area contributed by atoms with Gasteiger partial charge < -0.3 is 10.0 Å². The molecule has 0 unspecified atom stereocenters. The maximum absolute atomic E-state index is 13.3. The molecular formula is C24H18BBrF4O2. The van der Waals surface area contributed by atoms with Crippen LogP contribution in [0, 0.1) is 23.3 Å². The Morgan fingerprint density at radius 1 is 0.562 bits per heavy atom. The molecule has 0 heterocycles. The van der Waals surface area contributed by atoms with Gasteiger partial charge in [-0.1, -0.05) is 54.6 Å². The molecule has 4 aromatic carbocycles. The molecule has 0 aliphatic rings. The average molecular weight is 505 g/mol. The van der Waals surface area contributed by atoms with Crippen LogP contribution in [0.15, 0.2) is 102 Å². The molecule has 0 aliphatic carbocycles. The molecule has 2 N–H and O–H groups in total. The summed E-state index contributed by atoms with van der Waals surface area (Å²) in [7, 11) is -1.51. The largest absolute Gasteiger partial charge is 0.488 e. The lowest BCUT2D eigenvalue weighted by Crippen LogP contribution is -2.29. The first-order valence-electron chi connectivity index (χ1n) is 9.30. The van der Waals surface area contributed by atoms with Crippen molar-refractivity contribution in [1.82, 2.24) is 0 Å². The number of rotatable bonds is 2. The predicted molar refractivity (Wildman–Crippen MR) is 122 cm³/mol. The molecule has 2 nitrogen and oxygen atoms in total. The van der Waals surface area contributed by atoms with Gasteiger partial charge in [0.25, 0.3) is 0 Å². The maximum Gasteiger partial charge on any atom is 0.488 e. The van der Waals surface area contributed by atoms with E-state index in [9.17, 15) is 17.6 Å². The van der Waals surface area contributed by atoms with E-state index in [0.29, 0.717) is 21.1 Å². The Kier molecular flexibility index (Phi) is 10.1. The first-order valence-corrected chi connectivity index (χ1v) is 10.1. The third-order valence-electron chi connectivity index (χ3n) is 4.02. The fourth-order valence-corrected chi connectivity index (χ4v) is 2.68. The SMILES string of the molecule is Fc1ccc(-c2ccccc2F)cc1.Fc1ccccc1Br.OB(O)c1ccc(F)cc1. The average Bonchev–Trinajstić information content (AvgIpc) is 2.78. The van der Waals surface area contributed by atoms with Crippen LogP contribution in [0.25, 0.3) is 11.1 Å². The molecule has 0 saturated heterocycles. The summed E-state index contributed by atoms with van der Waals surface area (Å²) in [4.78, 5) is 0. The summed E-state index contributed by atoms with van der Waals surface area (Å²) in [6.07, 6.45) is 0. The summed E-state index contributed by atoms with van der Waals surface area (Å²) < 4.78 is 50.9. The highest BCUT2D eigenvalue weighted by molar-refractivity contribution is 9.10. The van der Waals surface area contributed by atoms with Crippen LogP contribution in [0.4, 0.5) is 17.6 Å². The lowest BCUT2D eigenvalue weighted by molar-refractivity contribution is 0.425. The Morgan fingerprint density at radius 2 is 1.03 bits per heavy atom. The van der Waals surface area contributed by atoms with Crippen LogP contribution in [0.3, 0.4) is 0 Å². The standard InChI is InChI=1S/C12H8F2.C6H6BFO2.C6H4BrF/c13-10-7-5-9(6-8-10)11-3-1-2-4-12(11)14;8-6-3-1-5(2-4-6)7(9)10;7-5-3-1-2-4-6(5)8/h1-8H;1-4,9-10H;1-4H. The van der Waals surface area contributed by atoms with Gasteiger partial charge in [-0.3, -0.25) is 0 Å². The van der Waals surface area contributed by atoms with Gasteiger partial charge in [0.05, 0.1) is 4.47 Å². The van der Waals surface area contributed by atoms with E-state index in [0.717, 1.165) is 0 Å². The molecule has 8 heteroatoms. The number of benzene rings is 4. The zero-order valence-electron chi connectivity index (χ0n) is 16.6. The number of halogens is 5. The third-order valence-corrected chi connectivity index (χ3v) is 4.66. The molecule has 4 aromatic rings. The highest BCUT2D eigenvalue weighted by atomic mass is 79.9. The van der Waals surface area contributed by atoms with Gasteiger partial charge in [0.1, 0.15) is 23.3 Å². The van der Waals surface area contributed by atoms with E-state index in [1.807, 2.05) is 0 Å². The second kappa shape index (κ2) is 12.8. The van der Waals surface area contributed by atoms with Crippen LogP contribution in [0.2, 0.25) is 0 Å². The predicted octanol–water partition coefficient (Wildman–Crippen LogP) is 5.73. The molecule has 164 valence electrons. The molecule has 0 amide bonds. The van der Waals surface area contributed by atoms with E-state index >= 15 is 0 Å². The first kappa shape index (κ1) is 25.3. The highest BCUT2D eigenvalue weighted by Gasteiger charge is 2.09. The van der Waals surface area contributed by atoms with Crippen LogP contribution < -0.4 is 5.46 Å². The smallest absolute Gasteiger partial charge is 0.423 e. The van der Waals surface area contributed by atoms with Crippen LogP contribution in [0.1, 0.15) is 0 Å². The van der Waals surface area contributed by atoms with Crippen molar-refractivity contribution >= 4 is 28.5 Å². The van der Waals surface area contributed by atoms with E-state index in [2.05, 4.69) is 15.9 Å². The summed E-state index contributed by atoms with van der Waals surface area (Å²) in [5.41, 5.74) is 1.47. The van der Waals surface area contributed by atoms with E-state index in [1.54, 1.807) is 48.5 Å². The minimum atomic E-state index is -1.51. The number of hydrogen-bond donors (Lipinski definition) is 2. The van der Waals surface area contributed by atoms with Crippen molar-refractivity contribution in [2.45, 2.75) is 0 Å². The van der Waals surface area contributed by atoms with Gasteiger partial charge in [0.2, 0.25) is 0 Å². The first-order chi connectivity index (χ1) is 15.3. The highest BCUT2D eigenvalue weighted by Crippen LogP contribution is 2.22. The van der Waals surface area contributed by atoms with E-state index in [1.165, 1.54) is 48.5 Å². The van der Waals surface area contributed by atoms with Crippen LogP contribution in [-0.2, 0) is 0 Å². The topological polar surface area (TPSA) is 40.5 Å². The van der Waals surface area contributed by atoms with Crippen molar-refractivity contribution in [3.05, 3.63) is 125 Å². The van der Waals surface area contributed by atoms with Gasteiger partial charge in [-0.15, -0.1) is 0 Å². The van der Waals surface area contributed by atoms with Crippen molar-refractivity contribution in [2.24, 2.45) is 0 Å². The van der Waals surface area contributed by atoms with E-state index in [-0.39, 0.29) is 23.3 Å². The summed E-state index contributed by atoms with van der Waals surface area (Å²) in [5, 5.41) is 17.1. The monoisotopic (exact) mass is 504 g/mol. The fraction of sp³-hybridized carbons (Fsp3) is 0. The molecule has 4 rings (SSSR count). The van der Waals surface area contributed by atoms with E-state index < -0.39 is 7.12 Å². The van der Waals surface area contributed by atoms with Crippen LogP contribution in [-0.4, -0.2) is 17.2 Å². The van der Waals surface area contributed by atoms with Gasteiger partial charge in [0, 0.05) is 5.56 Å². The summed E-state index contributed by atoms with van der Waals surface area (Å²) >= 11 is 3.02. The molecule has 0 bridgehead atoms. The molecule has 0 radical (unpaired) electrons. The molecule has 0 spiro atoms. The Balaban J connectivity index is 0.000000178. The molecule has 0 aliphatic heterocycles. The molecule has 0 aromatic heterocycles. The Bertz CT molecular complexity index is 1090. The summed E-state index contributed by atoms with van der Waals surface area (Å²) in [5.74, 6) is -1.21. The van der Waals surface area contributed by atoms with Gasteiger partial charge in [-0.25, -0.2) is 17.6 Å². The van der Waals surface area contributed by atoms with Crippen molar-refractivity contribution in [3.8, 4) is 11.1 Å². The second-order valence-corrected chi connectivity index (χ2v) is 7.18. The van der Waals surface area contributed by atoms with Crippen molar-refractivity contribution in [2.75, 3.05) is 0 Å². The van der Waals surface area contributed by atoms with Crippen molar-refractivity contribution in [1.29, 1.82) is 0 Å². The van der Waals surface area contributed by atoms with Gasteiger partial charge >= 0.3 is 7.12 Å². The normalized spacial score (nSPS) is 9.72. The summed E-state index contributed by atoms with van der Waals surface area (Å²) in [6, 6.07) is 23.7. The molecule has 0 fully saturated rings. The van der Waals surface area contributed by atoms with Gasteiger partial charge in [-0.2, -0.15) is 0 Å². The second-order valence-electron chi connectivity index (χ2n) is 6.33. The quantitative estimate of drug-likeness (QED) is 0.270. The van der Waals surface area contributed by atoms with Crippen molar-refractivity contribution in [3.63, 3.8) is 0 Å². The Hall–Kier alpha value is -2.94. The summed E-state index contributed by atoms with van der Waals surface area (Å²) in [6.45, 7) is 0. The number of hydrogen-bond acceptors (Lipinski definition) is 2. The molecule has 0 saturated carbocycles. The van der Waals surface area contributed by atoms with Gasteiger partial charge in [0.15, 0.2) is 0 Å². The molecule has 0 atom stereocenters. The van der Waals surface area contributed by atoms with Crippen LogP contribution in [0.5, 0.6) is 0 Å². The maximum atomic E-state index is 13.3. The zero-order valence-corrected chi connectivity index (χ0v) is 18.2. The lowest BCUT2D eigenvalue weighted by atomic mass is 9.80. The van der Waals surface area contributed by atoms with Crippen LogP contribution >= 0.6 is 15.9 Å². The Morgan fingerprint density at radius 3 is 1.47 bits per heavy atom. The minimum absolute atomic E-state index is 0.215. The Labute approximate surface area is 192 Å². The fourth-order valence-electron chi connectivity index (χ4n) is 2.40. The minimum Gasteiger partial charge on any atom is -0.423 e. The third kappa shape index (κ3) is 8.30. The molecule has 32 heavy (non-hydrogen) atoms. The van der Waals surface area contributed by atoms with Gasteiger partial charge in [-0.05, 0) is 69.4 Å². The molecular weight excluding hydrogens is 487 g/mol.